The van der Waals surface area contributed by atoms with Crippen molar-refractivity contribution in [3.05, 3.63) is 105 Å². The van der Waals surface area contributed by atoms with Gasteiger partial charge in [-0.2, -0.15) is 39.5 Å². The number of aromatic carboxylic acids is 1. The van der Waals surface area contributed by atoms with E-state index < -0.39 is 64.3 Å². The number of aldehydes is 1. The van der Waals surface area contributed by atoms with E-state index in [-0.39, 0.29) is 28.5 Å². The number of hydrogen-bond donors (Lipinski definition) is 1. The molecule has 0 fully saturated rings. The molecule has 1 N–H and O–H groups in total. The van der Waals surface area contributed by atoms with Crippen molar-refractivity contribution < 1.29 is 73.3 Å². The normalized spacial score (nSPS) is 12.0. The molecule has 0 amide bonds. The Kier molecular flexibility index (Phi) is 16.7. The molecule has 0 heterocycles. The van der Waals surface area contributed by atoms with Crippen molar-refractivity contribution in [3.63, 3.8) is 0 Å². The molecule has 0 aliphatic heterocycles. The van der Waals surface area contributed by atoms with E-state index in [0.717, 1.165) is 24.3 Å². The van der Waals surface area contributed by atoms with Gasteiger partial charge in [-0.1, -0.05) is 26.7 Å². The first-order chi connectivity index (χ1) is 24.9. The van der Waals surface area contributed by atoms with Crippen LogP contribution in [-0.4, -0.2) is 40.5 Å². The van der Waals surface area contributed by atoms with Crippen molar-refractivity contribution >= 4 is 24.2 Å². The highest BCUT2D eigenvalue weighted by Gasteiger charge is 2.34. The molecule has 0 bridgehead atoms. The highest BCUT2D eigenvalue weighted by molar-refractivity contribution is 5.92. The van der Waals surface area contributed by atoms with Crippen molar-refractivity contribution in [3.8, 4) is 0 Å². The predicted octanol–water partition coefficient (Wildman–Crippen LogP) is 11.4. The van der Waals surface area contributed by atoms with Crippen LogP contribution in [0.3, 0.4) is 0 Å². The molecule has 3 aromatic carbocycles. The first kappa shape index (κ1) is 48.1. The van der Waals surface area contributed by atoms with Crippen LogP contribution in [0, 0.1) is 0 Å². The molecule has 0 unspecified atom stereocenters. The molecule has 0 saturated carbocycles. The van der Waals surface area contributed by atoms with Gasteiger partial charge in [0.1, 0.15) is 17.5 Å². The molecule has 7 nitrogen and oxygen atoms in total. The maximum Gasteiger partial charge on any atom is 0.416 e. The number of esters is 2. The maximum atomic E-state index is 12.8. The molecule has 0 saturated heterocycles. The van der Waals surface area contributed by atoms with Crippen molar-refractivity contribution in [2.75, 3.05) is 0 Å². The standard InChI is InChI=1S/C15H19F3O2.C13H13F3O3.C11H11F3O2/c1-5-6-10-7-11(13(19)20-14(2,3)4)9-12(8-10)15(16,17)18;1-12(2,3)19-11(18)9-4-8(7-17)5-10(6-9)13(14,15)16;1-2-3-7-4-8(10(15)16)6-9(5-7)11(12,13)14/h7-9H,5-6H2,1-4H3;4-7H,1-3H3;4-6H,2-3H2,1H3,(H,15,16). The Balaban J connectivity index is 0.000000415. The van der Waals surface area contributed by atoms with Crippen molar-refractivity contribution in [1.29, 1.82) is 0 Å². The predicted molar refractivity (Wildman–Crippen MR) is 185 cm³/mol. The number of carbonyl (C=O) groups excluding carboxylic acids is 3. The molecule has 0 aliphatic rings. The second-order valence-corrected chi connectivity index (χ2v) is 14.1. The second-order valence-electron chi connectivity index (χ2n) is 14.1. The zero-order valence-electron chi connectivity index (χ0n) is 31.4. The second kappa shape index (κ2) is 19.1. The third-order valence-corrected chi connectivity index (χ3v) is 6.65. The molecular weight excluding hydrogens is 751 g/mol. The molecule has 0 atom stereocenters. The first-order valence-electron chi connectivity index (χ1n) is 16.7. The third-order valence-electron chi connectivity index (χ3n) is 6.65. The van der Waals surface area contributed by atoms with Crippen LogP contribution in [0.25, 0.3) is 0 Å². The minimum Gasteiger partial charge on any atom is -0.478 e. The van der Waals surface area contributed by atoms with Gasteiger partial charge in [-0.25, -0.2) is 14.4 Å². The number of benzene rings is 3. The fraction of sp³-hybridized carbons (Fsp3) is 0.436. The number of carboxylic acids is 1. The van der Waals surface area contributed by atoms with Gasteiger partial charge < -0.3 is 14.6 Å². The zero-order valence-corrected chi connectivity index (χ0v) is 31.4. The van der Waals surface area contributed by atoms with Crippen LogP contribution in [0.5, 0.6) is 0 Å². The van der Waals surface area contributed by atoms with Crippen LogP contribution < -0.4 is 0 Å². The summed E-state index contributed by atoms with van der Waals surface area (Å²) in [6, 6.07) is 8.73. The number of halogens is 9. The monoisotopic (exact) mass is 794 g/mol. The van der Waals surface area contributed by atoms with Crippen LogP contribution in [0.4, 0.5) is 39.5 Å². The van der Waals surface area contributed by atoms with Gasteiger partial charge in [-0.3, -0.25) is 4.79 Å². The summed E-state index contributed by atoms with van der Waals surface area (Å²) in [4.78, 5) is 44.9. The number of rotatable bonds is 8. The highest BCUT2D eigenvalue weighted by Crippen LogP contribution is 2.33. The molecular formula is C39H43F9O7. The number of aryl methyl sites for hydroxylation is 2. The Morgan fingerprint density at radius 1 is 0.545 bits per heavy atom. The minimum absolute atomic E-state index is 0.0572. The van der Waals surface area contributed by atoms with Gasteiger partial charge in [0.25, 0.3) is 0 Å². The lowest BCUT2D eigenvalue weighted by Crippen LogP contribution is -2.24. The zero-order chi connectivity index (χ0) is 42.7. The van der Waals surface area contributed by atoms with Gasteiger partial charge in [-0.05, 0) is 120 Å². The average Bonchev–Trinajstić information content (AvgIpc) is 3.02. The fourth-order valence-corrected chi connectivity index (χ4v) is 4.49. The first-order valence-corrected chi connectivity index (χ1v) is 16.7. The van der Waals surface area contributed by atoms with E-state index in [2.05, 4.69) is 0 Å². The lowest BCUT2D eigenvalue weighted by molar-refractivity contribution is -0.138. The van der Waals surface area contributed by atoms with Crippen LogP contribution >= 0.6 is 0 Å². The van der Waals surface area contributed by atoms with Gasteiger partial charge >= 0.3 is 36.4 Å². The average molecular weight is 795 g/mol. The number of carboxylic acid groups (broad SMARTS) is 1. The van der Waals surface area contributed by atoms with E-state index in [9.17, 15) is 58.7 Å². The summed E-state index contributed by atoms with van der Waals surface area (Å²) in [5, 5.41) is 8.70. The minimum atomic E-state index is -4.63. The molecule has 304 valence electrons. The van der Waals surface area contributed by atoms with E-state index in [4.69, 9.17) is 14.6 Å². The summed E-state index contributed by atoms with van der Waals surface area (Å²) in [5.41, 5.74) is -4.36. The van der Waals surface area contributed by atoms with Gasteiger partial charge in [0.2, 0.25) is 0 Å². The lowest BCUT2D eigenvalue weighted by atomic mass is 10.0. The summed E-state index contributed by atoms with van der Waals surface area (Å²) < 4.78 is 124. The topological polar surface area (TPSA) is 107 Å². The van der Waals surface area contributed by atoms with Gasteiger partial charge in [-0.15, -0.1) is 0 Å². The number of alkyl halides is 9. The van der Waals surface area contributed by atoms with E-state index >= 15 is 0 Å². The number of ether oxygens (including phenoxy) is 2. The summed E-state index contributed by atoms with van der Waals surface area (Å²) >= 11 is 0. The van der Waals surface area contributed by atoms with Crippen LogP contribution in [0.2, 0.25) is 0 Å². The summed E-state index contributed by atoms with van der Waals surface area (Å²) in [5.74, 6) is -2.98. The maximum absolute atomic E-state index is 12.8. The van der Waals surface area contributed by atoms with Crippen molar-refractivity contribution in [2.45, 2.75) is 111 Å². The largest absolute Gasteiger partial charge is 0.478 e. The molecule has 0 radical (unpaired) electrons. The van der Waals surface area contributed by atoms with E-state index in [0.29, 0.717) is 55.0 Å². The van der Waals surface area contributed by atoms with E-state index in [1.807, 2.05) is 13.8 Å². The molecule has 0 aliphatic carbocycles. The molecule has 55 heavy (non-hydrogen) atoms. The smallest absolute Gasteiger partial charge is 0.416 e. The lowest BCUT2D eigenvalue weighted by Gasteiger charge is -2.20. The third kappa shape index (κ3) is 17.4. The molecule has 3 aromatic rings. The van der Waals surface area contributed by atoms with Crippen LogP contribution in [0.1, 0.15) is 137 Å². The highest BCUT2D eigenvalue weighted by atomic mass is 19.4. The quantitative estimate of drug-likeness (QED) is 0.137. The number of carbonyl (C=O) groups is 4. The Labute approximate surface area is 312 Å². The van der Waals surface area contributed by atoms with Crippen molar-refractivity contribution in [1.82, 2.24) is 0 Å². The fourth-order valence-electron chi connectivity index (χ4n) is 4.49. The Morgan fingerprint density at radius 3 is 1.18 bits per heavy atom. The Bertz CT molecular complexity index is 1800. The van der Waals surface area contributed by atoms with Crippen molar-refractivity contribution in [2.24, 2.45) is 0 Å². The Morgan fingerprint density at radius 2 is 0.873 bits per heavy atom. The number of hydrogen-bond acceptors (Lipinski definition) is 6. The van der Waals surface area contributed by atoms with E-state index in [1.54, 1.807) is 41.5 Å². The summed E-state index contributed by atoms with van der Waals surface area (Å²) in [6.07, 6.45) is -11.1. The Hall–Kier alpha value is -4.89. The molecule has 3 rings (SSSR count). The molecule has 16 heteroatoms. The van der Waals surface area contributed by atoms with Gasteiger partial charge in [0.05, 0.1) is 33.4 Å². The SMILES string of the molecule is CC(C)(C)OC(=O)c1cc(C=O)cc(C(F)(F)F)c1.CCCc1cc(C(=O)O)cc(C(F)(F)F)c1.CCCc1cc(C(=O)OC(C)(C)C)cc(C(F)(F)F)c1. The molecule has 0 spiro atoms. The summed E-state index contributed by atoms with van der Waals surface area (Å²) in [7, 11) is 0. The van der Waals surface area contributed by atoms with E-state index in [1.165, 1.54) is 12.1 Å². The van der Waals surface area contributed by atoms with Gasteiger partial charge in [0.15, 0.2) is 0 Å². The van der Waals surface area contributed by atoms with Gasteiger partial charge in [0, 0.05) is 5.56 Å². The molecule has 0 aromatic heterocycles. The summed E-state index contributed by atoms with van der Waals surface area (Å²) in [6.45, 7) is 13.5. The van der Waals surface area contributed by atoms with Crippen LogP contribution in [-0.2, 0) is 40.8 Å². The van der Waals surface area contributed by atoms with Crippen LogP contribution in [0.15, 0.2) is 54.6 Å².